The van der Waals surface area contributed by atoms with Crippen LogP contribution in [0.15, 0.2) is 42.7 Å². The molecular weight excluding hydrogens is 332 g/mol. The SMILES string of the molecule is CC(C)c1nccn1C(C)c1nn2c(Cc3ccccc3)nnc2s1. The monoisotopic (exact) mass is 352 g/mol. The first-order chi connectivity index (χ1) is 12.1. The van der Waals surface area contributed by atoms with Crippen molar-refractivity contribution in [3.63, 3.8) is 0 Å². The lowest BCUT2D eigenvalue weighted by Gasteiger charge is -2.15. The van der Waals surface area contributed by atoms with E-state index in [4.69, 9.17) is 5.10 Å². The second-order valence-corrected chi connectivity index (χ2v) is 7.42. The first-order valence-electron chi connectivity index (χ1n) is 8.41. The fourth-order valence-corrected chi connectivity index (χ4v) is 3.86. The second-order valence-electron chi connectivity index (χ2n) is 6.44. The van der Waals surface area contributed by atoms with Crippen LogP contribution in [0.3, 0.4) is 0 Å². The van der Waals surface area contributed by atoms with Gasteiger partial charge < -0.3 is 4.57 Å². The van der Waals surface area contributed by atoms with Crippen LogP contribution in [-0.2, 0) is 6.42 Å². The summed E-state index contributed by atoms with van der Waals surface area (Å²) < 4.78 is 4.06. The van der Waals surface area contributed by atoms with Crippen LogP contribution in [0.5, 0.6) is 0 Å². The van der Waals surface area contributed by atoms with Gasteiger partial charge in [-0.2, -0.15) is 9.61 Å². The molecule has 0 fully saturated rings. The van der Waals surface area contributed by atoms with E-state index in [1.807, 2.05) is 35.1 Å². The molecule has 4 rings (SSSR count). The predicted molar refractivity (Wildman–Crippen MR) is 98.0 cm³/mol. The van der Waals surface area contributed by atoms with Gasteiger partial charge >= 0.3 is 0 Å². The minimum atomic E-state index is 0.121. The van der Waals surface area contributed by atoms with Crippen LogP contribution < -0.4 is 0 Å². The Bertz CT molecular complexity index is 982. The number of fused-ring (bicyclic) bond motifs is 1. The molecule has 6 nitrogen and oxygen atoms in total. The molecule has 0 aliphatic heterocycles. The molecule has 1 atom stereocenters. The normalized spacial score (nSPS) is 13.0. The van der Waals surface area contributed by atoms with Crippen LogP contribution in [-0.4, -0.2) is 29.4 Å². The predicted octanol–water partition coefficient (Wildman–Crippen LogP) is 3.71. The summed E-state index contributed by atoms with van der Waals surface area (Å²) in [4.78, 5) is 5.31. The maximum atomic E-state index is 4.79. The summed E-state index contributed by atoms with van der Waals surface area (Å²) in [6, 6.07) is 10.4. The number of hydrogen-bond acceptors (Lipinski definition) is 5. The average Bonchev–Trinajstić information content (AvgIpc) is 3.31. The molecule has 0 amide bonds. The molecule has 4 aromatic rings. The molecule has 3 heterocycles. The van der Waals surface area contributed by atoms with Crippen molar-refractivity contribution in [2.24, 2.45) is 0 Å². The van der Waals surface area contributed by atoms with Crippen LogP contribution in [0.4, 0.5) is 0 Å². The molecule has 0 bridgehead atoms. The molecule has 0 saturated heterocycles. The number of imidazole rings is 1. The Hall–Kier alpha value is -2.54. The van der Waals surface area contributed by atoms with E-state index < -0.39 is 0 Å². The van der Waals surface area contributed by atoms with Crippen LogP contribution in [0.2, 0.25) is 0 Å². The number of rotatable bonds is 5. The number of hydrogen-bond donors (Lipinski definition) is 0. The summed E-state index contributed by atoms with van der Waals surface area (Å²) in [5.74, 6) is 2.31. The highest BCUT2D eigenvalue weighted by atomic mass is 32.1. The minimum Gasteiger partial charge on any atom is -0.325 e. The molecule has 0 aliphatic carbocycles. The van der Waals surface area contributed by atoms with Gasteiger partial charge in [0.25, 0.3) is 0 Å². The summed E-state index contributed by atoms with van der Waals surface area (Å²) in [7, 11) is 0. The quantitative estimate of drug-likeness (QED) is 0.549. The van der Waals surface area contributed by atoms with Crippen molar-refractivity contribution in [3.8, 4) is 0 Å². The van der Waals surface area contributed by atoms with Crippen LogP contribution in [0, 0.1) is 0 Å². The van der Waals surface area contributed by atoms with E-state index in [9.17, 15) is 0 Å². The Morgan fingerprint density at radius 3 is 2.64 bits per heavy atom. The van der Waals surface area contributed by atoms with Gasteiger partial charge in [0.1, 0.15) is 10.8 Å². The highest BCUT2D eigenvalue weighted by Gasteiger charge is 2.20. The lowest BCUT2D eigenvalue weighted by molar-refractivity contribution is 0.568. The summed E-state index contributed by atoms with van der Waals surface area (Å²) in [5, 5.41) is 14.4. The zero-order valence-electron chi connectivity index (χ0n) is 14.5. The lowest BCUT2D eigenvalue weighted by Crippen LogP contribution is -2.11. The first kappa shape index (κ1) is 16.0. The van der Waals surface area contributed by atoms with Gasteiger partial charge in [-0.3, -0.25) is 0 Å². The fraction of sp³-hybridized carbons (Fsp3) is 0.333. The molecule has 128 valence electrons. The van der Waals surface area contributed by atoms with E-state index in [1.54, 1.807) is 11.3 Å². The van der Waals surface area contributed by atoms with Crippen molar-refractivity contribution >= 4 is 16.3 Å². The van der Waals surface area contributed by atoms with E-state index in [-0.39, 0.29) is 6.04 Å². The standard InChI is InChI=1S/C18H20N6S/c1-12(2)16-19-9-10-23(16)13(3)17-22-24-15(20-21-18(24)25-17)11-14-7-5-4-6-8-14/h4-10,12-13H,11H2,1-3H3. The van der Waals surface area contributed by atoms with Gasteiger partial charge in [-0.1, -0.05) is 55.5 Å². The van der Waals surface area contributed by atoms with E-state index in [1.165, 1.54) is 5.56 Å². The molecule has 0 radical (unpaired) electrons. The topological polar surface area (TPSA) is 60.9 Å². The smallest absolute Gasteiger partial charge is 0.234 e. The Morgan fingerprint density at radius 1 is 1.08 bits per heavy atom. The molecule has 0 N–H and O–H groups in total. The number of aromatic nitrogens is 6. The van der Waals surface area contributed by atoms with Gasteiger partial charge in [-0.15, -0.1) is 10.2 Å². The third-order valence-electron chi connectivity index (χ3n) is 4.27. The molecule has 0 aliphatic rings. The minimum absolute atomic E-state index is 0.121. The molecule has 1 aromatic carbocycles. The van der Waals surface area contributed by atoms with Crippen molar-refractivity contribution in [3.05, 3.63) is 64.9 Å². The van der Waals surface area contributed by atoms with Crippen molar-refractivity contribution in [2.75, 3.05) is 0 Å². The van der Waals surface area contributed by atoms with E-state index in [0.29, 0.717) is 5.92 Å². The van der Waals surface area contributed by atoms with E-state index in [2.05, 4.69) is 52.7 Å². The summed E-state index contributed by atoms with van der Waals surface area (Å²) in [6.45, 7) is 6.46. The maximum absolute atomic E-state index is 4.79. The van der Waals surface area contributed by atoms with Crippen molar-refractivity contribution < 1.29 is 0 Å². The van der Waals surface area contributed by atoms with Gasteiger partial charge in [0.2, 0.25) is 4.96 Å². The van der Waals surface area contributed by atoms with Crippen molar-refractivity contribution in [1.29, 1.82) is 0 Å². The lowest BCUT2D eigenvalue weighted by atomic mass is 10.1. The zero-order valence-corrected chi connectivity index (χ0v) is 15.3. The Morgan fingerprint density at radius 2 is 1.88 bits per heavy atom. The Balaban J connectivity index is 1.66. The highest BCUT2D eigenvalue weighted by molar-refractivity contribution is 7.16. The van der Waals surface area contributed by atoms with Crippen LogP contribution in [0.25, 0.3) is 4.96 Å². The third kappa shape index (κ3) is 2.95. The van der Waals surface area contributed by atoms with Gasteiger partial charge in [0.05, 0.1) is 6.04 Å². The number of nitrogens with zero attached hydrogens (tertiary/aromatic N) is 6. The second kappa shape index (κ2) is 6.40. The average molecular weight is 352 g/mol. The molecule has 1 unspecified atom stereocenters. The largest absolute Gasteiger partial charge is 0.325 e. The van der Waals surface area contributed by atoms with Gasteiger partial charge in [-0.25, -0.2) is 4.98 Å². The first-order valence-corrected chi connectivity index (χ1v) is 9.23. The van der Waals surface area contributed by atoms with Crippen LogP contribution in [0.1, 0.15) is 55.0 Å². The van der Waals surface area contributed by atoms with Gasteiger partial charge in [0, 0.05) is 24.7 Å². The summed E-state index contributed by atoms with van der Waals surface area (Å²) in [6.07, 6.45) is 4.60. The van der Waals surface area contributed by atoms with E-state index >= 15 is 0 Å². The van der Waals surface area contributed by atoms with Crippen molar-refractivity contribution in [1.82, 2.24) is 29.4 Å². The van der Waals surface area contributed by atoms with E-state index in [0.717, 1.165) is 28.0 Å². The molecule has 0 saturated carbocycles. The Labute approximate surface area is 150 Å². The maximum Gasteiger partial charge on any atom is 0.234 e. The number of benzene rings is 1. The van der Waals surface area contributed by atoms with Crippen LogP contribution >= 0.6 is 11.3 Å². The summed E-state index contributed by atoms with van der Waals surface area (Å²) in [5.41, 5.74) is 1.20. The molecule has 7 heteroatoms. The fourth-order valence-electron chi connectivity index (χ4n) is 2.95. The molecular formula is C18H20N6S. The van der Waals surface area contributed by atoms with Gasteiger partial charge in [0.15, 0.2) is 5.82 Å². The van der Waals surface area contributed by atoms with Gasteiger partial charge in [-0.05, 0) is 12.5 Å². The molecule has 3 aromatic heterocycles. The molecule has 25 heavy (non-hydrogen) atoms. The Kier molecular flexibility index (Phi) is 4.09. The molecule has 0 spiro atoms. The summed E-state index contributed by atoms with van der Waals surface area (Å²) >= 11 is 1.59. The third-order valence-corrected chi connectivity index (χ3v) is 5.33. The highest BCUT2D eigenvalue weighted by Crippen LogP contribution is 2.27. The zero-order chi connectivity index (χ0) is 17.4. The van der Waals surface area contributed by atoms with Crippen molar-refractivity contribution in [2.45, 2.75) is 39.2 Å².